The highest BCUT2D eigenvalue weighted by molar-refractivity contribution is 7.22. The summed E-state index contributed by atoms with van der Waals surface area (Å²) in [6, 6.07) is 109. The van der Waals surface area contributed by atoms with Gasteiger partial charge in [-0.15, -0.1) is 0 Å². The lowest BCUT2D eigenvalue weighted by Gasteiger charge is -2.45. The SMILES string of the molecule is c1ccc([Si]2(c3ccccc3)c3ccccc3N(c3ccc4c(ccc5cc(N6c7ccccc7[Si](c7ccccc7)(c7ccccc7)c7cc8c(cc76)oc6ccccc68)ccc54)c3)c3cc4oc5ccccc5c4cc32)cc1. The maximum atomic E-state index is 6.75. The smallest absolute Gasteiger partial charge is 0.184 e. The van der Waals surface area contributed by atoms with Crippen molar-refractivity contribution in [2.75, 3.05) is 9.80 Å². The highest BCUT2D eigenvalue weighted by Gasteiger charge is 2.51. The molecular formula is C74H48N2O2Si2. The van der Waals surface area contributed by atoms with Gasteiger partial charge in [-0.25, -0.2) is 0 Å². The molecule has 0 saturated carbocycles. The van der Waals surface area contributed by atoms with E-state index in [1.807, 2.05) is 0 Å². The van der Waals surface area contributed by atoms with Gasteiger partial charge in [0, 0.05) is 56.4 Å². The Balaban J connectivity index is 0.857. The summed E-state index contributed by atoms with van der Waals surface area (Å²) in [7, 11) is -5.88. The zero-order valence-corrected chi connectivity index (χ0v) is 45.4. The number of fused-ring (bicyclic) bond motifs is 13. The van der Waals surface area contributed by atoms with Crippen molar-refractivity contribution in [1.29, 1.82) is 0 Å². The first-order valence-electron chi connectivity index (χ1n) is 27.6. The van der Waals surface area contributed by atoms with Gasteiger partial charge in [0.25, 0.3) is 0 Å². The normalized spacial score (nSPS) is 14.2. The minimum absolute atomic E-state index is 0.884. The summed E-state index contributed by atoms with van der Waals surface area (Å²) in [5, 5.41) is 20.1. The molecule has 13 aromatic carbocycles. The van der Waals surface area contributed by atoms with Crippen LogP contribution in [-0.4, -0.2) is 16.1 Å². The van der Waals surface area contributed by atoms with Crippen LogP contribution in [0.5, 0.6) is 0 Å². The standard InChI is InChI=1S/C74H48N2O2Si2/c1-5-21-53(22-6-1)79(54-23-7-2-8-24-54)71-35-19-15-31-63(71)75(65-47-69-61(45-73(65)79)59-29-13-17-33-67(59)77-69)51-39-41-57-49(43-51)37-38-50-44-52(40-42-58(50)57)76-64-32-16-20-36-72(64)80(55-25-9-3-10-26-55,56-27-11-4-12-28-56)74-46-62-60-30-14-18-34-68(60)78-70(62)48-66(74)76/h1-48H. The summed E-state index contributed by atoms with van der Waals surface area (Å²) >= 11 is 0. The Morgan fingerprint density at radius 2 is 0.575 bits per heavy atom. The first-order valence-corrected chi connectivity index (χ1v) is 31.6. The van der Waals surface area contributed by atoms with Crippen LogP contribution in [0.2, 0.25) is 0 Å². The van der Waals surface area contributed by atoms with E-state index in [-0.39, 0.29) is 0 Å². The van der Waals surface area contributed by atoms with Gasteiger partial charge in [-0.3, -0.25) is 0 Å². The number of benzene rings is 13. The Morgan fingerprint density at radius 1 is 0.225 bits per heavy atom. The van der Waals surface area contributed by atoms with Gasteiger partial charge < -0.3 is 18.6 Å². The Hall–Kier alpha value is -9.99. The predicted molar refractivity (Wildman–Crippen MR) is 340 cm³/mol. The third-order valence-corrected chi connectivity index (χ3v) is 27.2. The second-order valence-electron chi connectivity index (χ2n) is 21.5. The van der Waals surface area contributed by atoms with Crippen molar-refractivity contribution in [3.05, 3.63) is 291 Å². The van der Waals surface area contributed by atoms with Crippen molar-refractivity contribution >= 4 is 157 Å². The largest absolute Gasteiger partial charge is 0.456 e. The van der Waals surface area contributed by atoms with E-state index in [2.05, 4.69) is 301 Å². The number of rotatable bonds is 6. The number of hydrogen-bond donors (Lipinski definition) is 0. The molecule has 4 heterocycles. The molecule has 4 nitrogen and oxygen atoms in total. The van der Waals surface area contributed by atoms with E-state index in [9.17, 15) is 0 Å². The van der Waals surface area contributed by atoms with Crippen LogP contribution in [-0.2, 0) is 0 Å². The van der Waals surface area contributed by atoms with Crippen LogP contribution in [0.25, 0.3) is 65.4 Å². The highest BCUT2D eigenvalue weighted by Crippen LogP contribution is 2.46. The van der Waals surface area contributed by atoms with Crippen LogP contribution in [0, 0.1) is 0 Å². The van der Waals surface area contributed by atoms with Crippen LogP contribution >= 0.6 is 0 Å². The summed E-state index contributed by atoms with van der Waals surface area (Å²) in [6.45, 7) is 0. The summed E-state index contributed by atoms with van der Waals surface area (Å²) in [5.74, 6) is 0. The van der Waals surface area contributed by atoms with Gasteiger partial charge >= 0.3 is 0 Å². The van der Waals surface area contributed by atoms with E-state index in [0.717, 1.165) is 66.6 Å². The number of furan rings is 2. The lowest BCUT2D eigenvalue weighted by atomic mass is 9.99. The zero-order chi connectivity index (χ0) is 52.5. The molecule has 0 amide bonds. The zero-order valence-electron chi connectivity index (χ0n) is 43.4. The van der Waals surface area contributed by atoms with E-state index < -0.39 is 16.1 Å². The van der Waals surface area contributed by atoms with Gasteiger partial charge in [0.15, 0.2) is 16.1 Å². The summed E-state index contributed by atoms with van der Waals surface area (Å²) in [5.41, 5.74) is 10.4. The molecule has 0 radical (unpaired) electrons. The van der Waals surface area contributed by atoms with Crippen LogP contribution in [0.3, 0.4) is 0 Å². The van der Waals surface area contributed by atoms with E-state index in [1.165, 1.54) is 74.4 Å². The second-order valence-corrected chi connectivity index (χ2v) is 28.9. The fourth-order valence-corrected chi connectivity index (χ4v) is 24.4. The molecule has 0 bridgehead atoms. The lowest BCUT2D eigenvalue weighted by molar-refractivity contribution is 0.668. The molecule has 15 aromatic rings. The van der Waals surface area contributed by atoms with E-state index in [1.54, 1.807) is 0 Å². The van der Waals surface area contributed by atoms with Crippen LogP contribution < -0.4 is 51.3 Å². The molecule has 17 rings (SSSR count). The van der Waals surface area contributed by atoms with Crippen molar-refractivity contribution < 1.29 is 8.83 Å². The number of hydrogen-bond acceptors (Lipinski definition) is 4. The first kappa shape index (κ1) is 45.1. The van der Waals surface area contributed by atoms with Gasteiger partial charge in [0.1, 0.15) is 22.3 Å². The van der Waals surface area contributed by atoms with E-state index >= 15 is 0 Å². The maximum Gasteiger partial charge on any atom is 0.184 e. The fraction of sp³-hybridized carbons (Fsp3) is 0. The minimum atomic E-state index is -2.94. The monoisotopic (exact) mass is 1050 g/mol. The molecule has 0 aliphatic carbocycles. The minimum Gasteiger partial charge on any atom is -0.456 e. The van der Waals surface area contributed by atoms with Crippen molar-refractivity contribution in [1.82, 2.24) is 0 Å². The number of para-hydroxylation sites is 4. The van der Waals surface area contributed by atoms with Gasteiger partial charge in [-0.1, -0.05) is 218 Å². The molecule has 0 spiro atoms. The van der Waals surface area contributed by atoms with Gasteiger partial charge in [0.05, 0.1) is 11.4 Å². The topological polar surface area (TPSA) is 32.8 Å². The molecule has 0 atom stereocenters. The van der Waals surface area contributed by atoms with Gasteiger partial charge in [-0.2, -0.15) is 0 Å². The molecule has 0 fully saturated rings. The number of anilines is 6. The van der Waals surface area contributed by atoms with Crippen LogP contribution in [0.1, 0.15) is 0 Å². The van der Waals surface area contributed by atoms with Gasteiger partial charge in [0.2, 0.25) is 0 Å². The van der Waals surface area contributed by atoms with E-state index in [0.29, 0.717) is 0 Å². The number of nitrogens with zero attached hydrogens (tertiary/aromatic N) is 2. The molecular weight excluding hydrogens is 1000 g/mol. The molecule has 2 aromatic heterocycles. The van der Waals surface area contributed by atoms with Crippen molar-refractivity contribution in [2.45, 2.75) is 0 Å². The molecule has 0 unspecified atom stereocenters. The van der Waals surface area contributed by atoms with Crippen molar-refractivity contribution in [3.8, 4) is 0 Å². The summed E-state index contributed by atoms with van der Waals surface area (Å²) < 4.78 is 13.5. The second kappa shape index (κ2) is 17.3. The average molecular weight is 1050 g/mol. The van der Waals surface area contributed by atoms with Crippen LogP contribution in [0.15, 0.2) is 300 Å². The quantitative estimate of drug-likeness (QED) is 0.123. The lowest BCUT2D eigenvalue weighted by Crippen LogP contribution is -2.77. The molecule has 0 saturated heterocycles. The molecule has 80 heavy (non-hydrogen) atoms. The molecule has 2 aliphatic heterocycles. The summed E-state index contributed by atoms with van der Waals surface area (Å²) in [6.07, 6.45) is 0. The average Bonchev–Trinajstić information content (AvgIpc) is 4.11. The molecule has 2 aliphatic rings. The Labute approximate surface area is 464 Å². The first-order chi connectivity index (χ1) is 39.7. The van der Waals surface area contributed by atoms with E-state index in [4.69, 9.17) is 8.83 Å². The van der Waals surface area contributed by atoms with Crippen molar-refractivity contribution in [2.24, 2.45) is 0 Å². The molecule has 0 N–H and O–H groups in total. The third-order valence-electron chi connectivity index (χ3n) is 17.5. The Kier molecular flexibility index (Phi) is 9.72. The Bertz CT molecular complexity index is 4580. The highest BCUT2D eigenvalue weighted by atomic mass is 28.3. The molecule has 374 valence electrons. The van der Waals surface area contributed by atoms with Crippen LogP contribution in [0.4, 0.5) is 34.1 Å². The Morgan fingerprint density at radius 3 is 0.975 bits per heavy atom. The fourth-order valence-electron chi connectivity index (χ4n) is 14.2. The third kappa shape index (κ3) is 6.25. The van der Waals surface area contributed by atoms with Gasteiger partial charge in [-0.05, 0) is 124 Å². The predicted octanol–water partition coefficient (Wildman–Crippen LogP) is 14.1. The molecule has 6 heteroatoms. The maximum absolute atomic E-state index is 6.75. The van der Waals surface area contributed by atoms with Crippen molar-refractivity contribution in [3.63, 3.8) is 0 Å². The summed E-state index contributed by atoms with van der Waals surface area (Å²) in [4.78, 5) is 5.00.